The van der Waals surface area contributed by atoms with Crippen LogP contribution in [-0.4, -0.2) is 6.29 Å². The molecule has 0 bridgehead atoms. The van der Waals surface area contributed by atoms with Crippen LogP contribution in [0.15, 0.2) is 0 Å². The van der Waals surface area contributed by atoms with E-state index in [1.807, 2.05) is 0 Å². The van der Waals surface area contributed by atoms with Gasteiger partial charge in [-0.15, -0.1) is 0 Å². The molecule has 0 saturated heterocycles. The van der Waals surface area contributed by atoms with Gasteiger partial charge in [0.05, 0.1) is 0 Å². The maximum atomic E-state index is 10.6. The van der Waals surface area contributed by atoms with Gasteiger partial charge in [0.2, 0.25) is 6.29 Å². The predicted molar refractivity (Wildman–Crippen MR) is 50.7 cm³/mol. The molecule has 1 rings (SSSR count). The van der Waals surface area contributed by atoms with Gasteiger partial charge in [-0.1, -0.05) is 39.0 Å². The molecule has 1 fully saturated rings. The van der Waals surface area contributed by atoms with E-state index in [1.165, 1.54) is 32.1 Å². The first kappa shape index (κ1) is 9.76. The fourth-order valence-electron chi connectivity index (χ4n) is 2.12. The third-order valence-electron chi connectivity index (χ3n) is 3.03. The van der Waals surface area contributed by atoms with Gasteiger partial charge in [0.25, 0.3) is 0 Å². The van der Waals surface area contributed by atoms with Crippen LogP contribution in [0.4, 0.5) is 0 Å². The summed E-state index contributed by atoms with van der Waals surface area (Å²) < 4.78 is 0. The highest BCUT2D eigenvalue weighted by Crippen LogP contribution is 2.27. The molecular formula is C11H19O. The second-order valence-corrected chi connectivity index (χ2v) is 3.96. The summed E-state index contributed by atoms with van der Waals surface area (Å²) in [6.07, 6.45) is 10.8. The summed E-state index contributed by atoms with van der Waals surface area (Å²) in [5, 5.41) is 0. The summed E-state index contributed by atoms with van der Waals surface area (Å²) >= 11 is 0. The van der Waals surface area contributed by atoms with Crippen LogP contribution in [0.1, 0.15) is 51.9 Å². The van der Waals surface area contributed by atoms with Crippen LogP contribution in [0.3, 0.4) is 0 Å². The molecule has 0 aromatic carbocycles. The molecule has 0 aromatic heterocycles. The molecule has 2 atom stereocenters. The first-order valence-electron chi connectivity index (χ1n) is 5.24. The monoisotopic (exact) mass is 167 g/mol. The second kappa shape index (κ2) is 5.34. The number of hydrogen-bond donors (Lipinski definition) is 0. The Morgan fingerprint density at radius 3 is 2.67 bits per heavy atom. The first-order valence-corrected chi connectivity index (χ1v) is 5.24. The second-order valence-electron chi connectivity index (χ2n) is 3.96. The fourth-order valence-corrected chi connectivity index (χ4v) is 2.12. The van der Waals surface area contributed by atoms with Crippen LogP contribution in [0.2, 0.25) is 0 Å². The Kier molecular flexibility index (Phi) is 4.34. The van der Waals surface area contributed by atoms with E-state index in [9.17, 15) is 4.79 Å². The molecule has 12 heavy (non-hydrogen) atoms. The van der Waals surface area contributed by atoms with E-state index in [0.717, 1.165) is 18.8 Å². The zero-order chi connectivity index (χ0) is 8.81. The lowest BCUT2D eigenvalue weighted by atomic mass is 9.84. The molecule has 1 aliphatic rings. The zero-order valence-corrected chi connectivity index (χ0v) is 8.01. The smallest absolute Gasteiger partial charge is 0.201 e. The number of hydrogen-bond acceptors (Lipinski definition) is 1. The van der Waals surface area contributed by atoms with E-state index in [0.29, 0.717) is 0 Å². The lowest BCUT2D eigenvalue weighted by Gasteiger charge is -2.21. The van der Waals surface area contributed by atoms with Crippen molar-refractivity contribution in [2.24, 2.45) is 11.8 Å². The summed E-state index contributed by atoms with van der Waals surface area (Å²) in [5.74, 6) is 1.03. The van der Waals surface area contributed by atoms with Crippen molar-refractivity contribution in [1.29, 1.82) is 0 Å². The van der Waals surface area contributed by atoms with Gasteiger partial charge < -0.3 is 0 Å². The fraction of sp³-hybridized carbons (Fsp3) is 0.909. The van der Waals surface area contributed by atoms with E-state index in [-0.39, 0.29) is 5.92 Å². The summed E-state index contributed by atoms with van der Waals surface area (Å²) in [4.78, 5) is 10.6. The van der Waals surface area contributed by atoms with Crippen molar-refractivity contribution < 1.29 is 4.79 Å². The van der Waals surface area contributed by atoms with Crippen LogP contribution in [-0.2, 0) is 4.79 Å². The van der Waals surface area contributed by atoms with Gasteiger partial charge in [-0.3, -0.25) is 4.79 Å². The number of rotatable bonds is 2. The summed E-state index contributed by atoms with van der Waals surface area (Å²) in [6.45, 7) is 2.23. The molecule has 1 heteroatoms. The Morgan fingerprint density at radius 1 is 1.25 bits per heavy atom. The quantitative estimate of drug-likeness (QED) is 0.617. The van der Waals surface area contributed by atoms with E-state index in [1.54, 1.807) is 0 Å². The molecule has 0 spiro atoms. The van der Waals surface area contributed by atoms with Crippen LogP contribution >= 0.6 is 0 Å². The van der Waals surface area contributed by atoms with E-state index >= 15 is 0 Å². The Bertz CT molecular complexity index is 131. The molecule has 2 unspecified atom stereocenters. The van der Waals surface area contributed by atoms with Crippen molar-refractivity contribution in [1.82, 2.24) is 0 Å². The van der Waals surface area contributed by atoms with Crippen LogP contribution in [0.25, 0.3) is 0 Å². The standard InChI is InChI=1S/C11H19O/c1-2-10-6-4-3-5-7-11(8-10)9-12/h10-11H,2-8H2,1H3. The Hall–Kier alpha value is -0.330. The highest BCUT2D eigenvalue weighted by Gasteiger charge is 2.17. The zero-order valence-electron chi connectivity index (χ0n) is 8.01. The van der Waals surface area contributed by atoms with Gasteiger partial charge in [0.1, 0.15) is 0 Å². The van der Waals surface area contributed by atoms with Crippen molar-refractivity contribution in [3.8, 4) is 0 Å². The molecule has 0 N–H and O–H groups in total. The highest BCUT2D eigenvalue weighted by atomic mass is 16.1. The Labute approximate surface area is 75.5 Å². The van der Waals surface area contributed by atoms with Crippen LogP contribution < -0.4 is 0 Å². The van der Waals surface area contributed by atoms with Gasteiger partial charge in [0, 0.05) is 5.92 Å². The minimum Gasteiger partial charge on any atom is -0.291 e. The van der Waals surface area contributed by atoms with Crippen LogP contribution in [0, 0.1) is 11.8 Å². The van der Waals surface area contributed by atoms with Crippen molar-refractivity contribution >= 4 is 6.29 Å². The molecule has 0 heterocycles. The largest absolute Gasteiger partial charge is 0.291 e. The minimum absolute atomic E-state index is 0.246. The topological polar surface area (TPSA) is 17.1 Å². The molecular weight excluding hydrogens is 148 g/mol. The van der Waals surface area contributed by atoms with E-state index in [4.69, 9.17) is 0 Å². The molecule has 1 saturated carbocycles. The van der Waals surface area contributed by atoms with Crippen molar-refractivity contribution in [3.05, 3.63) is 0 Å². The average molecular weight is 167 g/mol. The molecule has 0 amide bonds. The van der Waals surface area contributed by atoms with Gasteiger partial charge in [-0.25, -0.2) is 0 Å². The predicted octanol–water partition coefficient (Wildman–Crippen LogP) is 3.09. The normalized spacial score (nSPS) is 32.1. The molecule has 69 valence electrons. The minimum atomic E-state index is 0.246. The Morgan fingerprint density at radius 2 is 2.00 bits per heavy atom. The van der Waals surface area contributed by atoms with Gasteiger partial charge >= 0.3 is 0 Å². The molecule has 0 aromatic rings. The SMILES string of the molecule is CCC1CCCCCC([C]=O)C1. The summed E-state index contributed by atoms with van der Waals surface area (Å²) in [5.41, 5.74) is 0. The molecule has 0 aliphatic heterocycles. The van der Waals surface area contributed by atoms with Gasteiger partial charge in [-0.2, -0.15) is 0 Å². The third-order valence-corrected chi connectivity index (χ3v) is 3.03. The summed E-state index contributed by atoms with van der Waals surface area (Å²) in [6, 6.07) is 0. The maximum absolute atomic E-state index is 10.6. The molecule has 1 radical (unpaired) electrons. The lowest BCUT2D eigenvalue weighted by Crippen LogP contribution is -2.12. The number of carbonyl (C=O) groups excluding carboxylic acids is 1. The van der Waals surface area contributed by atoms with E-state index in [2.05, 4.69) is 13.2 Å². The molecule has 1 nitrogen and oxygen atoms in total. The van der Waals surface area contributed by atoms with E-state index < -0.39 is 0 Å². The third kappa shape index (κ3) is 2.96. The maximum Gasteiger partial charge on any atom is 0.201 e. The first-order chi connectivity index (χ1) is 5.86. The van der Waals surface area contributed by atoms with Crippen molar-refractivity contribution in [2.45, 2.75) is 51.9 Å². The van der Waals surface area contributed by atoms with Crippen LogP contribution in [0.5, 0.6) is 0 Å². The van der Waals surface area contributed by atoms with Gasteiger partial charge in [0.15, 0.2) is 0 Å². The molecule has 1 aliphatic carbocycles. The van der Waals surface area contributed by atoms with Gasteiger partial charge in [-0.05, 0) is 18.8 Å². The lowest BCUT2D eigenvalue weighted by molar-refractivity contribution is 0.329. The highest BCUT2D eigenvalue weighted by molar-refractivity contribution is 5.54. The Balaban J connectivity index is 2.38. The summed E-state index contributed by atoms with van der Waals surface area (Å²) in [7, 11) is 0. The average Bonchev–Trinajstić information content (AvgIpc) is 2.05. The van der Waals surface area contributed by atoms with Crippen molar-refractivity contribution in [3.63, 3.8) is 0 Å². The van der Waals surface area contributed by atoms with Crippen molar-refractivity contribution in [2.75, 3.05) is 0 Å².